The Morgan fingerprint density at radius 1 is 0.906 bits per heavy atom. The molecule has 2 atom stereocenters. The summed E-state index contributed by atoms with van der Waals surface area (Å²) < 4.78 is 11.1. The smallest absolute Gasteiger partial charge is 0.309 e. The van der Waals surface area contributed by atoms with E-state index in [1.54, 1.807) is 27.7 Å². The Morgan fingerprint density at radius 3 is 1.78 bits per heavy atom. The van der Waals surface area contributed by atoms with Gasteiger partial charge in [-0.15, -0.1) is 0 Å². The van der Waals surface area contributed by atoms with Crippen LogP contribution in [0.2, 0.25) is 10.0 Å². The van der Waals surface area contributed by atoms with Gasteiger partial charge in [0.05, 0.1) is 12.3 Å². The van der Waals surface area contributed by atoms with Crippen LogP contribution in [0, 0.1) is 19.8 Å². The van der Waals surface area contributed by atoms with Gasteiger partial charge in [0.2, 0.25) is 0 Å². The fraction of sp³-hybridized carbons (Fsp3) is 0.462. The van der Waals surface area contributed by atoms with Crippen molar-refractivity contribution >= 4 is 35.1 Å². The van der Waals surface area contributed by atoms with Crippen LogP contribution in [0.3, 0.4) is 0 Å². The molecule has 0 aliphatic rings. The minimum absolute atomic E-state index is 0.0415. The van der Waals surface area contributed by atoms with Crippen LogP contribution in [-0.2, 0) is 19.1 Å². The first-order valence-corrected chi connectivity index (χ1v) is 11.5. The second kappa shape index (κ2) is 10.7. The van der Waals surface area contributed by atoms with E-state index in [1.165, 1.54) is 0 Å². The van der Waals surface area contributed by atoms with Gasteiger partial charge in [-0.1, -0.05) is 54.4 Å². The highest BCUT2D eigenvalue weighted by Crippen LogP contribution is 2.34. The lowest BCUT2D eigenvalue weighted by Crippen LogP contribution is -2.30. The van der Waals surface area contributed by atoms with Crippen molar-refractivity contribution in [2.45, 2.75) is 72.5 Å². The molecule has 4 nitrogen and oxygen atoms in total. The Labute approximate surface area is 201 Å². The first-order valence-electron chi connectivity index (χ1n) is 10.7. The molecule has 2 aromatic rings. The Morgan fingerprint density at radius 2 is 1.38 bits per heavy atom. The highest BCUT2D eigenvalue weighted by Gasteiger charge is 2.29. The third kappa shape index (κ3) is 7.25. The zero-order chi connectivity index (χ0) is 24.2. The largest absolute Gasteiger partial charge is 0.461 e. The van der Waals surface area contributed by atoms with Crippen LogP contribution < -0.4 is 0 Å². The minimum Gasteiger partial charge on any atom is -0.461 e. The lowest BCUT2D eigenvalue weighted by Gasteiger charge is -2.27. The monoisotopic (exact) mass is 478 g/mol. The van der Waals surface area contributed by atoms with E-state index in [2.05, 4.69) is 0 Å². The van der Waals surface area contributed by atoms with Gasteiger partial charge < -0.3 is 9.47 Å². The number of benzene rings is 2. The molecule has 0 unspecified atom stereocenters. The van der Waals surface area contributed by atoms with Crippen LogP contribution in [0.25, 0.3) is 0 Å². The zero-order valence-electron chi connectivity index (χ0n) is 19.8. The Bertz CT molecular complexity index is 927. The van der Waals surface area contributed by atoms with Gasteiger partial charge in [0.25, 0.3) is 0 Å². The molecule has 0 bridgehead atoms. The van der Waals surface area contributed by atoms with E-state index in [0.717, 1.165) is 22.3 Å². The number of carbonyl (C=O) groups is 2. The Hall–Kier alpha value is -2.04. The number of carbonyl (C=O) groups excluding carboxylic acids is 2. The average Bonchev–Trinajstić information content (AvgIpc) is 2.66. The minimum atomic E-state index is -0.629. The summed E-state index contributed by atoms with van der Waals surface area (Å²) in [5, 5.41) is 1.28. The maximum Gasteiger partial charge on any atom is 0.309 e. The van der Waals surface area contributed by atoms with E-state index in [-0.39, 0.29) is 12.3 Å². The fourth-order valence-electron chi connectivity index (χ4n) is 3.42. The molecule has 0 fully saturated rings. The summed E-state index contributed by atoms with van der Waals surface area (Å²) in [6.45, 7) is 12.8. The number of ether oxygens (including phenoxy) is 2. The van der Waals surface area contributed by atoms with Gasteiger partial charge in [-0.3, -0.25) is 9.59 Å². The van der Waals surface area contributed by atoms with Gasteiger partial charge in [-0.25, -0.2) is 0 Å². The van der Waals surface area contributed by atoms with E-state index < -0.39 is 29.6 Å². The molecule has 2 aromatic carbocycles. The molecule has 0 spiro atoms. The van der Waals surface area contributed by atoms with Crippen molar-refractivity contribution in [3.8, 4) is 0 Å². The summed E-state index contributed by atoms with van der Waals surface area (Å²) in [6.07, 6.45) is -0.554. The lowest BCUT2D eigenvalue weighted by atomic mass is 9.86. The zero-order valence-corrected chi connectivity index (χ0v) is 21.3. The molecule has 2 rings (SSSR count). The molecular weight excluding hydrogens is 447 g/mol. The summed E-state index contributed by atoms with van der Waals surface area (Å²) >= 11 is 12.8. The molecule has 0 aliphatic carbocycles. The highest BCUT2D eigenvalue weighted by molar-refractivity contribution is 6.31. The molecule has 0 amide bonds. The number of halogens is 2. The quantitative estimate of drug-likeness (QED) is 0.400. The molecule has 0 aromatic heterocycles. The third-order valence-electron chi connectivity index (χ3n) is 5.18. The topological polar surface area (TPSA) is 52.6 Å². The normalized spacial score (nSPS) is 13.6. The van der Waals surface area contributed by atoms with E-state index in [0.29, 0.717) is 10.0 Å². The summed E-state index contributed by atoms with van der Waals surface area (Å²) in [6, 6.07) is 11.6. The van der Waals surface area contributed by atoms with Crippen LogP contribution in [0.15, 0.2) is 36.4 Å². The van der Waals surface area contributed by atoms with E-state index in [4.69, 9.17) is 32.7 Å². The number of aryl methyl sites for hydroxylation is 2. The molecular formula is C26H32Cl2O4. The molecule has 0 saturated carbocycles. The molecule has 32 heavy (non-hydrogen) atoms. The first kappa shape index (κ1) is 26.2. The summed E-state index contributed by atoms with van der Waals surface area (Å²) in [5.41, 5.74) is 3.16. The third-order valence-corrected chi connectivity index (χ3v) is 5.99. The second-order valence-electron chi connectivity index (χ2n) is 9.33. The van der Waals surface area contributed by atoms with Crippen LogP contribution in [0.4, 0.5) is 0 Å². The van der Waals surface area contributed by atoms with E-state index in [9.17, 15) is 9.59 Å². The molecule has 6 heteroatoms. The fourth-order valence-corrected chi connectivity index (χ4v) is 3.80. The van der Waals surface area contributed by atoms with Gasteiger partial charge in [0.15, 0.2) is 0 Å². The van der Waals surface area contributed by atoms with Crippen LogP contribution in [0.1, 0.15) is 69.2 Å². The van der Waals surface area contributed by atoms with Gasteiger partial charge in [0, 0.05) is 16.0 Å². The van der Waals surface area contributed by atoms with Crippen molar-refractivity contribution < 1.29 is 19.1 Å². The van der Waals surface area contributed by atoms with Crippen molar-refractivity contribution in [2.75, 3.05) is 0 Å². The standard InChI is InChI=1S/C26H32Cl2O4/c1-15-8-10-19(13-21(15)27)24(20-11-9-16(2)22(28)14-20)18(4)31-25(30)17(3)12-23(29)32-26(5,6)7/h8-11,13-14,17-18,24H,12H2,1-7H3/t17-,18+/m1/s1. The summed E-state index contributed by atoms with van der Waals surface area (Å²) in [5.74, 6) is -1.79. The summed E-state index contributed by atoms with van der Waals surface area (Å²) in [4.78, 5) is 24.9. The number of hydrogen-bond acceptors (Lipinski definition) is 4. The maximum atomic E-state index is 12.8. The number of esters is 2. The number of hydrogen-bond donors (Lipinski definition) is 0. The Balaban J connectivity index is 2.27. The average molecular weight is 479 g/mol. The van der Waals surface area contributed by atoms with E-state index >= 15 is 0 Å². The molecule has 0 aliphatic heterocycles. The molecule has 0 saturated heterocycles. The molecule has 0 radical (unpaired) electrons. The predicted octanol–water partition coefficient (Wildman–Crippen LogP) is 7.04. The second-order valence-corrected chi connectivity index (χ2v) is 10.1. The van der Waals surface area contributed by atoms with Gasteiger partial charge in [0.1, 0.15) is 11.7 Å². The van der Waals surface area contributed by atoms with Crippen LogP contribution >= 0.6 is 23.2 Å². The van der Waals surface area contributed by atoms with Crippen LogP contribution in [-0.4, -0.2) is 23.6 Å². The Kier molecular flexibility index (Phi) is 8.78. The molecule has 0 heterocycles. The molecule has 0 N–H and O–H groups in total. The van der Waals surface area contributed by atoms with Crippen molar-refractivity contribution in [2.24, 2.45) is 5.92 Å². The van der Waals surface area contributed by atoms with Crippen molar-refractivity contribution in [1.29, 1.82) is 0 Å². The van der Waals surface area contributed by atoms with Gasteiger partial charge in [-0.2, -0.15) is 0 Å². The first-order chi connectivity index (χ1) is 14.8. The molecule has 174 valence electrons. The van der Waals surface area contributed by atoms with E-state index in [1.807, 2.05) is 57.2 Å². The van der Waals surface area contributed by atoms with Crippen molar-refractivity contribution in [3.63, 3.8) is 0 Å². The van der Waals surface area contributed by atoms with Crippen molar-refractivity contribution in [3.05, 3.63) is 68.7 Å². The van der Waals surface area contributed by atoms with Gasteiger partial charge >= 0.3 is 11.9 Å². The highest BCUT2D eigenvalue weighted by atomic mass is 35.5. The maximum absolute atomic E-state index is 12.8. The summed E-state index contributed by atoms with van der Waals surface area (Å²) in [7, 11) is 0. The SMILES string of the molecule is Cc1ccc(C(c2ccc(C)c(Cl)c2)[C@H](C)OC(=O)[C@H](C)CC(=O)OC(C)(C)C)cc1Cl. The van der Waals surface area contributed by atoms with Crippen molar-refractivity contribution in [1.82, 2.24) is 0 Å². The lowest BCUT2D eigenvalue weighted by molar-refractivity contribution is -0.163. The number of rotatable bonds is 7. The van der Waals surface area contributed by atoms with Gasteiger partial charge in [-0.05, 0) is 75.9 Å². The predicted molar refractivity (Wildman–Crippen MR) is 129 cm³/mol. The van der Waals surface area contributed by atoms with Crippen LogP contribution in [0.5, 0.6) is 0 Å².